The zero-order chi connectivity index (χ0) is 14.0. The number of carboxylic acid groups (broad SMARTS) is 1. The second-order valence-electron chi connectivity index (χ2n) is 4.52. The lowest BCUT2D eigenvalue weighted by molar-refractivity contribution is -0.139. The second kappa shape index (κ2) is 9.70. The van der Waals surface area contributed by atoms with E-state index in [1.54, 1.807) is 6.92 Å². The van der Waals surface area contributed by atoms with Gasteiger partial charge >= 0.3 is 12.0 Å². The van der Waals surface area contributed by atoms with E-state index in [4.69, 9.17) is 9.84 Å². The maximum atomic E-state index is 11.3. The highest BCUT2D eigenvalue weighted by molar-refractivity contribution is 5.82. The van der Waals surface area contributed by atoms with Gasteiger partial charge in [0.05, 0.1) is 0 Å². The number of hydrogen-bond donors (Lipinski definition) is 3. The summed E-state index contributed by atoms with van der Waals surface area (Å²) in [6.45, 7) is 7.63. The molecule has 0 heterocycles. The smallest absolute Gasteiger partial charge is 0.326 e. The molecular formula is C12H24N2O4. The zero-order valence-electron chi connectivity index (χ0n) is 11.4. The highest BCUT2D eigenvalue weighted by Crippen LogP contribution is 1.93. The topological polar surface area (TPSA) is 87.7 Å². The molecule has 0 saturated carbocycles. The lowest BCUT2D eigenvalue weighted by atomic mass is 10.2. The van der Waals surface area contributed by atoms with Gasteiger partial charge in [0.25, 0.3) is 0 Å². The van der Waals surface area contributed by atoms with Gasteiger partial charge in [-0.2, -0.15) is 0 Å². The molecule has 6 nitrogen and oxygen atoms in total. The number of urea groups is 1. The number of carboxylic acids is 1. The van der Waals surface area contributed by atoms with E-state index in [0.717, 1.165) is 0 Å². The molecule has 0 aromatic rings. The molecule has 0 aromatic carbocycles. The van der Waals surface area contributed by atoms with E-state index in [1.807, 2.05) is 0 Å². The van der Waals surface area contributed by atoms with Crippen LogP contribution < -0.4 is 10.6 Å². The summed E-state index contributed by atoms with van der Waals surface area (Å²) in [5, 5.41) is 13.7. The zero-order valence-corrected chi connectivity index (χ0v) is 11.4. The fourth-order valence-electron chi connectivity index (χ4n) is 1.24. The Balaban J connectivity index is 3.56. The molecule has 6 heteroatoms. The summed E-state index contributed by atoms with van der Waals surface area (Å²) in [6.07, 6.45) is 1.07. The molecule has 18 heavy (non-hydrogen) atoms. The van der Waals surface area contributed by atoms with Crippen LogP contribution in [0.4, 0.5) is 4.79 Å². The fourth-order valence-corrected chi connectivity index (χ4v) is 1.24. The maximum Gasteiger partial charge on any atom is 0.326 e. The molecule has 0 aromatic heterocycles. The highest BCUT2D eigenvalue weighted by Gasteiger charge is 2.16. The summed E-state index contributed by atoms with van der Waals surface area (Å²) in [5.74, 6) is -0.518. The normalized spacial score (nSPS) is 12.2. The van der Waals surface area contributed by atoms with Crippen molar-refractivity contribution in [1.29, 1.82) is 0 Å². The van der Waals surface area contributed by atoms with Gasteiger partial charge in [-0.3, -0.25) is 0 Å². The SMILES string of the molecule is CC[C@H](NC(=O)NCCCOCC(C)C)C(=O)O. The van der Waals surface area contributed by atoms with Crippen LogP contribution in [0, 0.1) is 5.92 Å². The van der Waals surface area contributed by atoms with Crippen molar-refractivity contribution in [2.75, 3.05) is 19.8 Å². The number of nitrogens with one attached hydrogen (secondary N) is 2. The molecule has 0 bridgehead atoms. The number of amides is 2. The molecule has 0 unspecified atom stereocenters. The van der Waals surface area contributed by atoms with Crippen LogP contribution in [0.5, 0.6) is 0 Å². The Hall–Kier alpha value is -1.30. The van der Waals surface area contributed by atoms with Crippen molar-refractivity contribution in [1.82, 2.24) is 10.6 Å². The monoisotopic (exact) mass is 260 g/mol. The van der Waals surface area contributed by atoms with Crippen LogP contribution >= 0.6 is 0 Å². The van der Waals surface area contributed by atoms with Gasteiger partial charge in [0.1, 0.15) is 6.04 Å². The first kappa shape index (κ1) is 16.7. The van der Waals surface area contributed by atoms with Crippen molar-refractivity contribution in [2.45, 2.75) is 39.7 Å². The Morgan fingerprint density at radius 2 is 2.00 bits per heavy atom. The minimum Gasteiger partial charge on any atom is -0.480 e. The van der Waals surface area contributed by atoms with Crippen molar-refractivity contribution in [3.63, 3.8) is 0 Å². The molecule has 2 amide bonds. The molecule has 1 atom stereocenters. The molecule has 0 aliphatic rings. The molecule has 0 rings (SSSR count). The first-order chi connectivity index (χ1) is 8.47. The molecule has 106 valence electrons. The van der Waals surface area contributed by atoms with Crippen molar-refractivity contribution >= 4 is 12.0 Å². The number of ether oxygens (including phenoxy) is 1. The average molecular weight is 260 g/mol. The van der Waals surface area contributed by atoms with Crippen LogP contribution in [0.3, 0.4) is 0 Å². The third kappa shape index (κ3) is 8.81. The number of carbonyl (C=O) groups excluding carboxylic acids is 1. The van der Waals surface area contributed by atoms with Crippen LogP contribution in [0.25, 0.3) is 0 Å². The first-order valence-electron chi connectivity index (χ1n) is 6.32. The van der Waals surface area contributed by atoms with Crippen LogP contribution in [-0.2, 0) is 9.53 Å². The standard InChI is InChI=1S/C12H24N2O4/c1-4-10(11(15)16)14-12(17)13-6-5-7-18-8-9(2)3/h9-10H,4-8H2,1-3H3,(H,15,16)(H2,13,14,17)/t10-/m0/s1. The second-order valence-corrected chi connectivity index (χ2v) is 4.52. The van der Waals surface area contributed by atoms with Gasteiger partial charge in [0, 0.05) is 19.8 Å². The molecule has 0 radical (unpaired) electrons. The van der Waals surface area contributed by atoms with Gasteiger partial charge in [0.15, 0.2) is 0 Å². The Morgan fingerprint density at radius 1 is 1.33 bits per heavy atom. The van der Waals surface area contributed by atoms with Gasteiger partial charge in [-0.25, -0.2) is 9.59 Å². The molecule has 0 spiro atoms. The van der Waals surface area contributed by atoms with Crippen molar-refractivity contribution < 1.29 is 19.4 Å². The quantitative estimate of drug-likeness (QED) is 0.544. The van der Waals surface area contributed by atoms with E-state index in [-0.39, 0.29) is 0 Å². The molecule has 0 aliphatic heterocycles. The predicted molar refractivity (Wildman–Crippen MR) is 68.5 cm³/mol. The number of rotatable bonds is 9. The Morgan fingerprint density at radius 3 is 2.50 bits per heavy atom. The van der Waals surface area contributed by atoms with Gasteiger partial charge in [-0.1, -0.05) is 20.8 Å². The van der Waals surface area contributed by atoms with Crippen molar-refractivity contribution in [3.8, 4) is 0 Å². The maximum absolute atomic E-state index is 11.3. The average Bonchev–Trinajstić information content (AvgIpc) is 2.29. The van der Waals surface area contributed by atoms with E-state index in [1.165, 1.54) is 0 Å². The molecule has 0 aliphatic carbocycles. The first-order valence-corrected chi connectivity index (χ1v) is 6.32. The van der Waals surface area contributed by atoms with E-state index in [2.05, 4.69) is 24.5 Å². The van der Waals surface area contributed by atoms with Gasteiger partial charge in [-0.05, 0) is 18.8 Å². The summed E-state index contributed by atoms with van der Waals surface area (Å²) < 4.78 is 5.35. The van der Waals surface area contributed by atoms with Crippen molar-refractivity contribution in [3.05, 3.63) is 0 Å². The Bertz CT molecular complexity index is 256. The van der Waals surface area contributed by atoms with E-state index in [9.17, 15) is 9.59 Å². The Kier molecular flexibility index (Phi) is 9.00. The van der Waals surface area contributed by atoms with Crippen molar-refractivity contribution in [2.24, 2.45) is 5.92 Å². The lowest BCUT2D eigenvalue weighted by Crippen LogP contribution is -2.45. The van der Waals surface area contributed by atoms with Gasteiger partial charge < -0.3 is 20.5 Å². The summed E-state index contributed by atoms with van der Waals surface area (Å²) in [4.78, 5) is 22.0. The van der Waals surface area contributed by atoms with E-state index >= 15 is 0 Å². The molecule has 0 fully saturated rings. The molecule has 3 N–H and O–H groups in total. The highest BCUT2D eigenvalue weighted by atomic mass is 16.5. The largest absolute Gasteiger partial charge is 0.480 e. The number of aliphatic carboxylic acids is 1. The summed E-state index contributed by atoms with van der Waals surface area (Å²) >= 11 is 0. The third-order valence-corrected chi connectivity index (χ3v) is 2.21. The summed E-state index contributed by atoms with van der Waals surface area (Å²) in [7, 11) is 0. The van der Waals surface area contributed by atoms with Crippen LogP contribution in [0.2, 0.25) is 0 Å². The minimum absolute atomic E-state index is 0.361. The van der Waals surface area contributed by atoms with E-state index < -0.39 is 18.0 Å². The number of hydrogen-bond acceptors (Lipinski definition) is 3. The summed E-state index contributed by atoms with van der Waals surface area (Å²) in [6, 6.07) is -1.28. The predicted octanol–water partition coefficient (Wildman–Crippen LogP) is 1.21. The van der Waals surface area contributed by atoms with Crippen LogP contribution in [0.1, 0.15) is 33.6 Å². The number of carbonyl (C=O) groups is 2. The molecular weight excluding hydrogens is 236 g/mol. The summed E-state index contributed by atoms with van der Waals surface area (Å²) in [5.41, 5.74) is 0. The minimum atomic E-state index is -1.02. The lowest BCUT2D eigenvalue weighted by Gasteiger charge is -2.13. The van der Waals surface area contributed by atoms with Gasteiger partial charge in [0.2, 0.25) is 0 Å². The van der Waals surface area contributed by atoms with Crippen LogP contribution in [0.15, 0.2) is 0 Å². The molecule has 0 saturated heterocycles. The fraction of sp³-hybridized carbons (Fsp3) is 0.833. The van der Waals surface area contributed by atoms with Crippen LogP contribution in [-0.4, -0.2) is 42.9 Å². The Labute approximate surface area is 108 Å². The third-order valence-electron chi connectivity index (χ3n) is 2.21. The van der Waals surface area contributed by atoms with E-state index in [0.29, 0.717) is 38.5 Å². The van der Waals surface area contributed by atoms with Gasteiger partial charge in [-0.15, -0.1) is 0 Å².